The van der Waals surface area contributed by atoms with Gasteiger partial charge in [0.25, 0.3) is 5.91 Å². The van der Waals surface area contributed by atoms with Crippen molar-refractivity contribution in [3.05, 3.63) is 47.1 Å². The van der Waals surface area contributed by atoms with E-state index in [1.165, 1.54) is 0 Å². The molecule has 0 saturated carbocycles. The van der Waals surface area contributed by atoms with Crippen molar-refractivity contribution < 1.29 is 14.4 Å². The maximum absolute atomic E-state index is 12.5. The van der Waals surface area contributed by atoms with Gasteiger partial charge >= 0.3 is 0 Å². The second kappa shape index (κ2) is 9.32. The molecule has 5 heteroatoms. The molecule has 0 heterocycles. The van der Waals surface area contributed by atoms with Crippen LogP contribution in [0.15, 0.2) is 47.1 Å². The molecule has 2 amide bonds. The van der Waals surface area contributed by atoms with Gasteiger partial charge in [0.15, 0.2) is 5.78 Å². The standard InChI is InChI=1S/C21H28N2O3/c1-14-8-5-3-4-6-10-17(14)21(26)23-15(2)19(24)13-12-16-9-7-11-18(16)20(22)25/h3-4,6,10-11,15-16H,5,7-9,12-13H2,1-2H3,(H2,22,25)(H,23,26). The number of ketones is 1. The predicted molar refractivity (Wildman–Crippen MR) is 102 cm³/mol. The Morgan fingerprint density at radius 3 is 2.77 bits per heavy atom. The van der Waals surface area contributed by atoms with Gasteiger partial charge in [0.05, 0.1) is 6.04 Å². The number of allylic oxidation sites excluding steroid dienone is 5. The van der Waals surface area contributed by atoms with Gasteiger partial charge in [-0.1, -0.05) is 29.9 Å². The van der Waals surface area contributed by atoms with Gasteiger partial charge in [-0.15, -0.1) is 0 Å². The molecular weight excluding hydrogens is 328 g/mol. The fraction of sp³-hybridized carbons (Fsp3) is 0.476. The lowest BCUT2D eigenvalue weighted by Crippen LogP contribution is -2.39. The number of amides is 2. The Morgan fingerprint density at radius 2 is 2.04 bits per heavy atom. The highest BCUT2D eigenvalue weighted by Gasteiger charge is 2.25. The molecule has 3 N–H and O–H groups in total. The maximum atomic E-state index is 12.5. The zero-order valence-corrected chi connectivity index (χ0v) is 15.6. The lowest BCUT2D eigenvalue weighted by Gasteiger charge is -2.17. The topological polar surface area (TPSA) is 89.3 Å². The molecule has 140 valence electrons. The van der Waals surface area contributed by atoms with Crippen molar-refractivity contribution in [2.24, 2.45) is 11.7 Å². The molecule has 0 spiro atoms. The largest absolute Gasteiger partial charge is 0.366 e. The van der Waals surface area contributed by atoms with Crippen LogP contribution in [0.4, 0.5) is 0 Å². The predicted octanol–water partition coefficient (Wildman–Crippen LogP) is 2.88. The van der Waals surface area contributed by atoms with Crippen molar-refractivity contribution in [3.8, 4) is 0 Å². The van der Waals surface area contributed by atoms with E-state index in [0.717, 1.165) is 31.3 Å². The van der Waals surface area contributed by atoms with E-state index in [1.54, 1.807) is 13.0 Å². The first-order valence-electron chi connectivity index (χ1n) is 9.26. The molecule has 0 aliphatic heterocycles. The molecule has 2 rings (SSSR count). The van der Waals surface area contributed by atoms with Crippen LogP contribution in [0.2, 0.25) is 0 Å². The average molecular weight is 356 g/mol. The summed E-state index contributed by atoms with van der Waals surface area (Å²) in [4.78, 5) is 36.3. The number of carbonyl (C=O) groups is 3. The Labute approximate surface area is 155 Å². The fourth-order valence-electron chi connectivity index (χ4n) is 3.42. The highest BCUT2D eigenvalue weighted by molar-refractivity contribution is 6.00. The Bertz CT molecular complexity index is 698. The number of hydrogen-bond donors (Lipinski definition) is 2. The smallest absolute Gasteiger partial charge is 0.251 e. The summed E-state index contributed by atoms with van der Waals surface area (Å²) >= 11 is 0. The summed E-state index contributed by atoms with van der Waals surface area (Å²) in [6, 6.07) is -0.556. The summed E-state index contributed by atoms with van der Waals surface area (Å²) in [6.45, 7) is 3.66. The molecule has 2 unspecified atom stereocenters. The quantitative estimate of drug-likeness (QED) is 0.735. The normalized spacial score (nSPS) is 21.0. The van der Waals surface area contributed by atoms with Crippen LogP contribution in [0.25, 0.3) is 0 Å². The summed E-state index contributed by atoms with van der Waals surface area (Å²) in [6.07, 6.45) is 13.9. The van der Waals surface area contributed by atoms with Gasteiger partial charge < -0.3 is 11.1 Å². The van der Waals surface area contributed by atoms with E-state index in [9.17, 15) is 14.4 Å². The van der Waals surface area contributed by atoms with Crippen molar-refractivity contribution in [3.63, 3.8) is 0 Å². The van der Waals surface area contributed by atoms with Crippen LogP contribution in [0.3, 0.4) is 0 Å². The van der Waals surface area contributed by atoms with Crippen molar-refractivity contribution in [1.82, 2.24) is 5.32 Å². The molecule has 2 aliphatic carbocycles. The third kappa shape index (κ3) is 5.28. The average Bonchev–Trinajstić information content (AvgIpc) is 3.04. The molecule has 0 saturated heterocycles. The van der Waals surface area contributed by atoms with Gasteiger partial charge in [0.1, 0.15) is 0 Å². The second-order valence-electron chi connectivity index (χ2n) is 7.02. The number of nitrogens with two attached hydrogens (primary N) is 1. The third-order valence-corrected chi connectivity index (χ3v) is 5.07. The van der Waals surface area contributed by atoms with Crippen LogP contribution < -0.4 is 11.1 Å². The van der Waals surface area contributed by atoms with E-state index in [0.29, 0.717) is 24.0 Å². The van der Waals surface area contributed by atoms with E-state index < -0.39 is 11.9 Å². The lowest BCUT2D eigenvalue weighted by molar-refractivity contribution is -0.125. The van der Waals surface area contributed by atoms with Crippen molar-refractivity contribution in [2.45, 2.75) is 58.4 Å². The van der Waals surface area contributed by atoms with Crippen LogP contribution >= 0.6 is 0 Å². The summed E-state index contributed by atoms with van der Waals surface area (Å²) in [5.41, 5.74) is 7.66. The number of Topliss-reactive ketones (excluding diaryl/α,β-unsaturated/α-hetero) is 1. The van der Waals surface area contributed by atoms with E-state index >= 15 is 0 Å². The van der Waals surface area contributed by atoms with Crippen molar-refractivity contribution in [2.75, 3.05) is 0 Å². The zero-order chi connectivity index (χ0) is 19.1. The summed E-state index contributed by atoms with van der Waals surface area (Å²) in [7, 11) is 0. The van der Waals surface area contributed by atoms with Crippen LogP contribution in [-0.4, -0.2) is 23.6 Å². The first-order chi connectivity index (χ1) is 12.4. The molecule has 5 nitrogen and oxygen atoms in total. The third-order valence-electron chi connectivity index (χ3n) is 5.07. The van der Waals surface area contributed by atoms with Crippen molar-refractivity contribution in [1.29, 1.82) is 0 Å². The van der Waals surface area contributed by atoms with Gasteiger partial charge in [0.2, 0.25) is 5.91 Å². The van der Waals surface area contributed by atoms with Crippen LogP contribution in [0.1, 0.15) is 52.4 Å². The van der Waals surface area contributed by atoms with Crippen LogP contribution in [0.5, 0.6) is 0 Å². The van der Waals surface area contributed by atoms with Gasteiger partial charge in [-0.25, -0.2) is 0 Å². The minimum Gasteiger partial charge on any atom is -0.366 e. The number of hydrogen-bond acceptors (Lipinski definition) is 3. The Hall–Kier alpha value is -2.43. The highest BCUT2D eigenvalue weighted by atomic mass is 16.2. The van der Waals surface area contributed by atoms with Crippen LogP contribution in [-0.2, 0) is 14.4 Å². The molecule has 0 aromatic rings. The first-order valence-corrected chi connectivity index (χ1v) is 9.26. The van der Waals surface area contributed by atoms with Gasteiger partial charge in [-0.05, 0) is 57.9 Å². The number of primary amides is 1. The van der Waals surface area contributed by atoms with E-state index in [1.807, 2.05) is 25.2 Å². The molecule has 0 bridgehead atoms. The Balaban J connectivity index is 1.89. The lowest BCUT2D eigenvalue weighted by atomic mass is 9.93. The Morgan fingerprint density at radius 1 is 1.27 bits per heavy atom. The molecule has 2 aliphatic rings. The van der Waals surface area contributed by atoms with E-state index in [2.05, 4.69) is 11.4 Å². The zero-order valence-electron chi connectivity index (χ0n) is 15.6. The number of carbonyl (C=O) groups excluding carboxylic acids is 3. The van der Waals surface area contributed by atoms with E-state index in [4.69, 9.17) is 5.73 Å². The minimum atomic E-state index is -0.556. The maximum Gasteiger partial charge on any atom is 0.251 e. The molecule has 0 radical (unpaired) electrons. The Kier molecular flexibility index (Phi) is 7.13. The molecule has 0 aromatic heterocycles. The molecule has 2 atom stereocenters. The minimum absolute atomic E-state index is 0.0259. The number of nitrogens with one attached hydrogen (secondary N) is 1. The van der Waals surface area contributed by atoms with Crippen molar-refractivity contribution >= 4 is 17.6 Å². The fourth-order valence-corrected chi connectivity index (χ4v) is 3.42. The summed E-state index contributed by atoms with van der Waals surface area (Å²) in [5, 5.41) is 2.81. The van der Waals surface area contributed by atoms with Gasteiger partial charge in [-0.3, -0.25) is 14.4 Å². The molecule has 0 aromatic carbocycles. The first kappa shape index (κ1) is 19.9. The summed E-state index contributed by atoms with van der Waals surface area (Å²) in [5.74, 6) is -0.575. The highest BCUT2D eigenvalue weighted by Crippen LogP contribution is 2.29. The molecular formula is C21H28N2O3. The van der Waals surface area contributed by atoms with Gasteiger partial charge in [-0.2, -0.15) is 0 Å². The SMILES string of the molecule is CC1=C(C(=O)NC(C)C(=O)CCC2CCC=C2C(N)=O)C=CC=CCC1. The summed E-state index contributed by atoms with van der Waals surface area (Å²) < 4.78 is 0. The monoisotopic (exact) mass is 356 g/mol. The van der Waals surface area contributed by atoms with Crippen LogP contribution in [0, 0.1) is 5.92 Å². The molecule has 0 fully saturated rings. The van der Waals surface area contributed by atoms with E-state index in [-0.39, 0.29) is 17.6 Å². The van der Waals surface area contributed by atoms with Gasteiger partial charge in [0, 0.05) is 17.6 Å². The second-order valence-corrected chi connectivity index (χ2v) is 7.02. The number of rotatable bonds is 7. The molecule has 26 heavy (non-hydrogen) atoms.